The van der Waals surface area contributed by atoms with E-state index in [0.29, 0.717) is 37.5 Å². The van der Waals surface area contributed by atoms with Crippen LogP contribution in [0.5, 0.6) is 0 Å². The summed E-state index contributed by atoms with van der Waals surface area (Å²) in [6.45, 7) is 9.33. The van der Waals surface area contributed by atoms with E-state index in [1.807, 2.05) is 45.0 Å². The summed E-state index contributed by atoms with van der Waals surface area (Å²) >= 11 is 0. The maximum absolute atomic E-state index is 12.4. The normalized spacial score (nSPS) is 12.0. The number of anilines is 1. The SMILES string of the molecule is CCCCCCC(=O)OC(C)(C)Cn1c(COCC)nc2c(N)nc3ccccc3c21. The molecule has 3 aromatic rings. The van der Waals surface area contributed by atoms with Crippen LogP contribution in [0.3, 0.4) is 0 Å². The van der Waals surface area contributed by atoms with E-state index in [1.165, 1.54) is 0 Å². The first-order valence-corrected chi connectivity index (χ1v) is 11.2. The van der Waals surface area contributed by atoms with Gasteiger partial charge in [-0.1, -0.05) is 44.4 Å². The van der Waals surface area contributed by atoms with Gasteiger partial charge < -0.3 is 19.8 Å². The number of carbonyl (C=O) groups excluding carboxylic acids is 1. The average Bonchev–Trinajstić information content (AvgIpc) is 3.08. The van der Waals surface area contributed by atoms with Crippen LogP contribution >= 0.6 is 0 Å². The van der Waals surface area contributed by atoms with Crippen molar-refractivity contribution in [3.63, 3.8) is 0 Å². The summed E-state index contributed by atoms with van der Waals surface area (Å²) in [7, 11) is 0. The van der Waals surface area contributed by atoms with Crippen molar-refractivity contribution < 1.29 is 14.3 Å². The first kappa shape index (κ1) is 23.0. The van der Waals surface area contributed by atoms with Crippen molar-refractivity contribution in [2.24, 2.45) is 0 Å². The fourth-order valence-corrected chi connectivity index (χ4v) is 3.85. The Morgan fingerprint density at radius 2 is 1.90 bits per heavy atom. The zero-order chi connectivity index (χ0) is 22.4. The van der Waals surface area contributed by atoms with E-state index in [0.717, 1.165) is 47.9 Å². The average molecular weight is 427 g/mol. The molecule has 3 rings (SSSR count). The summed E-state index contributed by atoms with van der Waals surface area (Å²) in [4.78, 5) is 21.7. The van der Waals surface area contributed by atoms with Crippen LogP contribution in [0.25, 0.3) is 21.9 Å². The zero-order valence-corrected chi connectivity index (χ0v) is 19.1. The molecule has 0 radical (unpaired) electrons. The molecule has 1 aromatic carbocycles. The second-order valence-corrected chi connectivity index (χ2v) is 8.51. The molecule has 7 heteroatoms. The zero-order valence-electron chi connectivity index (χ0n) is 19.1. The van der Waals surface area contributed by atoms with Crippen LogP contribution in [0.1, 0.15) is 65.6 Å². The second-order valence-electron chi connectivity index (χ2n) is 8.51. The monoisotopic (exact) mass is 426 g/mol. The van der Waals surface area contributed by atoms with E-state index in [-0.39, 0.29) is 5.97 Å². The number of fused-ring (bicyclic) bond motifs is 3. The molecule has 7 nitrogen and oxygen atoms in total. The molecule has 0 fully saturated rings. The minimum absolute atomic E-state index is 0.164. The van der Waals surface area contributed by atoms with E-state index in [2.05, 4.69) is 16.5 Å². The molecule has 0 saturated heterocycles. The third-order valence-electron chi connectivity index (χ3n) is 5.29. The minimum Gasteiger partial charge on any atom is -0.458 e. The van der Waals surface area contributed by atoms with Crippen molar-refractivity contribution in [2.45, 2.75) is 78.6 Å². The van der Waals surface area contributed by atoms with Gasteiger partial charge in [-0.15, -0.1) is 0 Å². The molecular formula is C24H34N4O3. The number of para-hydroxylation sites is 1. The smallest absolute Gasteiger partial charge is 0.306 e. The number of hydrogen-bond donors (Lipinski definition) is 1. The molecule has 0 atom stereocenters. The lowest BCUT2D eigenvalue weighted by molar-refractivity contribution is -0.157. The Labute approximate surface area is 183 Å². The number of esters is 1. The largest absolute Gasteiger partial charge is 0.458 e. The Morgan fingerprint density at radius 1 is 1.13 bits per heavy atom. The number of rotatable bonds is 11. The van der Waals surface area contributed by atoms with E-state index < -0.39 is 5.60 Å². The molecule has 2 heterocycles. The lowest BCUT2D eigenvalue weighted by Crippen LogP contribution is -2.34. The van der Waals surface area contributed by atoms with Gasteiger partial charge in [0.05, 0.1) is 17.6 Å². The number of unbranched alkanes of at least 4 members (excludes halogenated alkanes) is 3. The fourth-order valence-electron chi connectivity index (χ4n) is 3.85. The van der Waals surface area contributed by atoms with Crippen LogP contribution in [-0.2, 0) is 27.4 Å². The van der Waals surface area contributed by atoms with Crippen molar-refractivity contribution in [3.05, 3.63) is 30.1 Å². The number of carbonyl (C=O) groups is 1. The molecule has 0 aliphatic heterocycles. The van der Waals surface area contributed by atoms with Gasteiger partial charge in [0, 0.05) is 18.4 Å². The quantitative estimate of drug-likeness (QED) is 0.343. The van der Waals surface area contributed by atoms with Crippen LogP contribution in [0.2, 0.25) is 0 Å². The molecule has 31 heavy (non-hydrogen) atoms. The lowest BCUT2D eigenvalue weighted by Gasteiger charge is -2.27. The summed E-state index contributed by atoms with van der Waals surface area (Å²) in [5.74, 6) is 0.965. The fraction of sp³-hybridized carbons (Fsp3) is 0.542. The number of nitrogen functional groups attached to an aromatic ring is 1. The van der Waals surface area contributed by atoms with Crippen molar-refractivity contribution in [3.8, 4) is 0 Å². The Bertz CT molecular complexity index is 1040. The van der Waals surface area contributed by atoms with Gasteiger partial charge in [-0.3, -0.25) is 4.79 Å². The summed E-state index contributed by atoms with van der Waals surface area (Å²) in [6, 6.07) is 7.86. The van der Waals surface area contributed by atoms with Crippen molar-refractivity contribution in [1.82, 2.24) is 14.5 Å². The van der Waals surface area contributed by atoms with Crippen LogP contribution in [0.4, 0.5) is 5.82 Å². The van der Waals surface area contributed by atoms with Gasteiger partial charge in [0.25, 0.3) is 0 Å². The Balaban J connectivity index is 1.94. The van der Waals surface area contributed by atoms with Crippen molar-refractivity contribution in [1.29, 1.82) is 0 Å². The molecule has 0 bridgehead atoms. The highest BCUT2D eigenvalue weighted by Gasteiger charge is 2.27. The van der Waals surface area contributed by atoms with Crippen molar-refractivity contribution in [2.75, 3.05) is 12.3 Å². The van der Waals surface area contributed by atoms with Gasteiger partial charge >= 0.3 is 5.97 Å². The number of hydrogen-bond acceptors (Lipinski definition) is 6. The number of imidazole rings is 1. The van der Waals surface area contributed by atoms with Crippen LogP contribution < -0.4 is 5.73 Å². The van der Waals surface area contributed by atoms with E-state index in [9.17, 15) is 4.79 Å². The molecule has 2 aromatic heterocycles. The highest BCUT2D eigenvalue weighted by atomic mass is 16.6. The maximum atomic E-state index is 12.4. The number of aromatic nitrogens is 3. The standard InChI is InChI=1S/C24H34N4O3/c1-5-7-8-9-14-20(29)31-24(3,4)16-28-19(15-30-6-2)27-21-22(28)17-12-10-11-13-18(17)26-23(21)25/h10-13H,5-9,14-16H2,1-4H3,(H2,25,26). The van der Waals surface area contributed by atoms with Gasteiger partial charge in [-0.25, -0.2) is 9.97 Å². The lowest BCUT2D eigenvalue weighted by atomic mass is 10.1. The summed E-state index contributed by atoms with van der Waals surface area (Å²) in [5, 5.41) is 0.962. The third kappa shape index (κ3) is 5.53. The van der Waals surface area contributed by atoms with Crippen molar-refractivity contribution >= 4 is 33.7 Å². The molecule has 0 unspecified atom stereocenters. The predicted octanol–water partition coefficient (Wildman–Crippen LogP) is 5.00. The molecule has 0 amide bonds. The summed E-state index contributed by atoms with van der Waals surface area (Å²) in [5.41, 5.74) is 7.88. The Morgan fingerprint density at radius 3 is 2.65 bits per heavy atom. The number of benzene rings is 1. The maximum Gasteiger partial charge on any atom is 0.306 e. The third-order valence-corrected chi connectivity index (χ3v) is 5.29. The predicted molar refractivity (Wildman–Crippen MR) is 124 cm³/mol. The Hall–Kier alpha value is -2.67. The number of nitrogens with two attached hydrogens (primary N) is 1. The van der Waals surface area contributed by atoms with Gasteiger partial charge in [0.1, 0.15) is 23.5 Å². The van der Waals surface area contributed by atoms with Gasteiger partial charge in [-0.2, -0.15) is 0 Å². The Kier molecular flexibility index (Phi) is 7.49. The van der Waals surface area contributed by atoms with Gasteiger partial charge in [-0.05, 0) is 33.3 Å². The molecule has 2 N–H and O–H groups in total. The highest BCUT2D eigenvalue weighted by Crippen LogP contribution is 2.30. The van der Waals surface area contributed by atoms with Gasteiger partial charge in [0.2, 0.25) is 0 Å². The van der Waals surface area contributed by atoms with E-state index in [4.69, 9.17) is 20.2 Å². The first-order valence-electron chi connectivity index (χ1n) is 11.2. The molecule has 168 valence electrons. The molecule has 0 aliphatic carbocycles. The van der Waals surface area contributed by atoms with Crippen LogP contribution in [0, 0.1) is 0 Å². The van der Waals surface area contributed by atoms with Crippen LogP contribution in [-0.4, -0.2) is 32.7 Å². The topological polar surface area (TPSA) is 92.3 Å². The van der Waals surface area contributed by atoms with E-state index >= 15 is 0 Å². The number of pyridine rings is 1. The minimum atomic E-state index is -0.713. The molecule has 0 saturated carbocycles. The molecule has 0 spiro atoms. The number of nitrogens with zero attached hydrogens (tertiary/aromatic N) is 3. The molecule has 0 aliphatic rings. The highest BCUT2D eigenvalue weighted by molar-refractivity contribution is 6.06. The van der Waals surface area contributed by atoms with Gasteiger partial charge in [0.15, 0.2) is 5.82 Å². The number of ether oxygens (including phenoxy) is 2. The summed E-state index contributed by atoms with van der Waals surface area (Å²) < 4.78 is 13.6. The van der Waals surface area contributed by atoms with E-state index in [1.54, 1.807) is 0 Å². The summed E-state index contributed by atoms with van der Waals surface area (Å²) in [6.07, 6.45) is 4.64. The van der Waals surface area contributed by atoms with Crippen LogP contribution in [0.15, 0.2) is 24.3 Å². The second kappa shape index (κ2) is 10.1. The first-order chi connectivity index (χ1) is 14.9. The molecular weight excluding hydrogens is 392 g/mol.